The van der Waals surface area contributed by atoms with E-state index >= 15 is 0 Å². The molecule has 8 nitrogen and oxygen atoms in total. The number of carbonyl (C=O) groups is 2. The maximum atomic E-state index is 14.1. The lowest BCUT2D eigenvalue weighted by atomic mass is 9.83. The second-order valence-corrected chi connectivity index (χ2v) is 14.7. The van der Waals surface area contributed by atoms with Crippen molar-refractivity contribution < 1.29 is 27.5 Å². The van der Waals surface area contributed by atoms with Gasteiger partial charge in [-0.1, -0.05) is 44.2 Å². The molecule has 0 saturated carbocycles. The molecule has 1 aromatic carbocycles. The zero-order valence-corrected chi connectivity index (χ0v) is 27.6. The lowest BCUT2D eigenvalue weighted by Gasteiger charge is -2.33. The van der Waals surface area contributed by atoms with Gasteiger partial charge < -0.3 is 14.5 Å². The number of nitrogens with zero attached hydrogens (tertiary/aromatic N) is 5. The number of carbonyl (C=O) groups excluding carboxylic acids is 2. The Kier molecular flexibility index (Phi) is 8.85. The Bertz CT molecular complexity index is 1710. The van der Waals surface area contributed by atoms with E-state index in [1.165, 1.54) is 28.3 Å². The first-order chi connectivity index (χ1) is 21.5. The summed E-state index contributed by atoms with van der Waals surface area (Å²) in [6.07, 6.45) is 0.176. The van der Waals surface area contributed by atoms with Crippen LogP contribution in [0.25, 0.3) is 11.1 Å². The number of hydrogen-bond acceptors (Lipinski definition) is 6. The third-order valence-electron chi connectivity index (χ3n) is 8.21. The van der Waals surface area contributed by atoms with Crippen LogP contribution in [0, 0.1) is 16.7 Å². The highest BCUT2D eigenvalue weighted by Crippen LogP contribution is 2.44. The molecule has 244 valence electrons. The highest BCUT2D eigenvalue weighted by molar-refractivity contribution is 7.12. The predicted molar refractivity (Wildman–Crippen MR) is 169 cm³/mol. The standard InChI is InChI=1S/C34H38F3N5O3S/c1-7-41-18-27(30(39-41)34(35,36)37)24-11-9-8-10-23(24)26-17-40(19-28-25(26)14-22(16-38)46-28)29(43)13-12-21-15-33(5,6)20-42(21)31(44)45-32(2,3)4/h8-14,18,21,26H,7,15,17,19-20H2,1-6H3/b13-12+/t21-,26+/m1/s1. The first-order valence-corrected chi connectivity index (χ1v) is 16.0. The molecule has 0 spiro atoms. The summed E-state index contributed by atoms with van der Waals surface area (Å²) in [5, 5.41) is 13.5. The molecule has 4 heterocycles. The van der Waals surface area contributed by atoms with E-state index in [9.17, 15) is 28.0 Å². The van der Waals surface area contributed by atoms with Gasteiger partial charge in [0.2, 0.25) is 5.91 Å². The van der Waals surface area contributed by atoms with E-state index < -0.39 is 29.5 Å². The summed E-state index contributed by atoms with van der Waals surface area (Å²) in [5.41, 5.74) is -0.0166. The Morgan fingerprint density at radius 1 is 1.17 bits per heavy atom. The van der Waals surface area contributed by atoms with Crippen LogP contribution in [0.5, 0.6) is 0 Å². The maximum Gasteiger partial charge on any atom is 0.435 e. The van der Waals surface area contributed by atoms with Gasteiger partial charge in [-0.15, -0.1) is 11.3 Å². The van der Waals surface area contributed by atoms with E-state index in [2.05, 4.69) is 25.0 Å². The van der Waals surface area contributed by atoms with Gasteiger partial charge in [0.05, 0.1) is 12.6 Å². The van der Waals surface area contributed by atoms with Crippen LogP contribution in [0.15, 0.2) is 48.7 Å². The summed E-state index contributed by atoms with van der Waals surface area (Å²) in [6, 6.07) is 10.5. The number of rotatable bonds is 5. The molecule has 2 amide bonds. The smallest absolute Gasteiger partial charge is 0.435 e. The lowest BCUT2D eigenvalue weighted by Crippen LogP contribution is -2.40. The maximum absolute atomic E-state index is 14.1. The van der Waals surface area contributed by atoms with Gasteiger partial charge in [0.1, 0.15) is 16.5 Å². The predicted octanol–water partition coefficient (Wildman–Crippen LogP) is 7.59. The average Bonchev–Trinajstić information content (AvgIpc) is 3.68. The van der Waals surface area contributed by atoms with Gasteiger partial charge in [0.15, 0.2) is 5.69 Å². The van der Waals surface area contributed by atoms with Crippen molar-refractivity contribution in [2.24, 2.45) is 5.41 Å². The highest BCUT2D eigenvalue weighted by Gasteiger charge is 2.42. The molecular formula is C34H38F3N5O3S. The number of aromatic nitrogens is 2. The first kappa shape index (κ1) is 33.3. The van der Waals surface area contributed by atoms with E-state index in [0.29, 0.717) is 29.0 Å². The molecule has 0 N–H and O–H groups in total. The van der Waals surface area contributed by atoms with E-state index in [1.807, 2.05) is 20.8 Å². The van der Waals surface area contributed by atoms with Gasteiger partial charge >= 0.3 is 12.3 Å². The second-order valence-electron chi connectivity index (χ2n) is 13.6. The van der Waals surface area contributed by atoms with Gasteiger partial charge in [-0.2, -0.15) is 23.5 Å². The van der Waals surface area contributed by atoms with Crippen molar-refractivity contribution in [3.63, 3.8) is 0 Å². The Balaban J connectivity index is 1.48. The molecule has 46 heavy (non-hydrogen) atoms. The van der Waals surface area contributed by atoms with Crippen LogP contribution in [-0.4, -0.2) is 56.3 Å². The Morgan fingerprint density at radius 2 is 1.89 bits per heavy atom. The van der Waals surface area contributed by atoms with Crippen LogP contribution in [0.1, 0.15) is 80.5 Å². The number of likely N-dealkylation sites (tertiary alicyclic amines) is 1. The van der Waals surface area contributed by atoms with Gasteiger partial charge in [-0.25, -0.2) is 4.79 Å². The molecule has 0 bridgehead atoms. The Morgan fingerprint density at radius 3 is 2.54 bits per heavy atom. The van der Waals surface area contributed by atoms with Crippen molar-refractivity contribution in [3.8, 4) is 17.2 Å². The van der Waals surface area contributed by atoms with Crippen LogP contribution >= 0.6 is 11.3 Å². The number of hydrogen-bond donors (Lipinski definition) is 0. The number of amides is 2. The van der Waals surface area contributed by atoms with Crippen LogP contribution in [0.2, 0.25) is 0 Å². The molecule has 5 rings (SSSR count). The number of thiophene rings is 1. The molecule has 12 heteroatoms. The summed E-state index contributed by atoms with van der Waals surface area (Å²) in [7, 11) is 0. The zero-order chi connectivity index (χ0) is 33.6. The molecule has 2 aliphatic rings. The molecule has 0 aliphatic carbocycles. The SMILES string of the molecule is CCn1cc(-c2ccccc2[C@@H]2CN(C(=O)/C=C/[C@@H]3CC(C)(C)CN3C(=O)OC(C)(C)C)Cc3sc(C#N)cc32)c(C(F)(F)F)n1. The first-order valence-electron chi connectivity index (χ1n) is 15.2. The lowest BCUT2D eigenvalue weighted by molar-refractivity contribution is -0.141. The molecule has 1 fully saturated rings. The van der Waals surface area contributed by atoms with E-state index in [1.54, 1.807) is 53.1 Å². The largest absolute Gasteiger partial charge is 0.444 e. The third kappa shape index (κ3) is 6.99. The van der Waals surface area contributed by atoms with Crippen molar-refractivity contribution in [1.82, 2.24) is 19.6 Å². The van der Waals surface area contributed by atoms with Crippen molar-refractivity contribution in [2.45, 2.75) is 84.8 Å². The molecule has 0 radical (unpaired) electrons. The molecule has 3 aromatic rings. The van der Waals surface area contributed by atoms with Crippen molar-refractivity contribution in [1.29, 1.82) is 5.26 Å². The van der Waals surface area contributed by atoms with Crippen molar-refractivity contribution >= 4 is 23.3 Å². The monoisotopic (exact) mass is 653 g/mol. The minimum atomic E-state index is -4.66. The summed E-state index contributed by atoms with van der Waals surface area (Å²) >= 11 is 1.28. The fraction of sp³-hybridized carbons (Fsp3) is 0.471. The van der Waals surface area contributed by atoms with Crippen LogP contribution in [-0.2, 0) is 28.8 Å². The second kappa shape index (κ2) is 12.2. The van der Waals surface area contributed by atoms with Gasteiger partial charge in [-0.05, 0) is 62.3 Å². The van der Waals surface area contributed by atoms with Crippen LogP contribution in [0.3, 0.4) is 0 Å². The van der Waals surface area contributed by atoms with E-state index in [-0.39, 0.29) is 42.6 Å². The Hall–Kier alpha value is -4.11. The molecular weight excluding hydrogens is 615 g/mol. The minimum Gasteiger partial charge on any atom is -0.444 e. The summed E-state index contributed by atoms with van der Waals surface area (Å²) in [6.45, 7) is 12.5. The van der Waals surface area contributed by atoms with Crippen LogP contribution in [0.4, 0.5) is 18.0 Å². The van der Waals surface area contributed by atoms with Gasteiger partial charge in [-0.3, -0.25) is 9.48 Å². The summed E-state index contributed by atoms with van der Waals surface area (Å²) in [5.74, 6) is -0.769. The summed E-state index contributed by atoms with van der Waals surface area (Å²) < 4.78 is 49.3. The number of aryl methyl sites for hydroxylation is 1. The number of fused-ring (bicyclic) bond motifs is 1. The number of ether oxygens (including phenoxy) is 1. The fourth-order valence-electron chi connectivity index (χ4n) is 6.25. The third-order valence-corrected chi connectivity index (χ3v) is 9.25. The minimum absolute atomic E-state index is 0.0309. The number of nitriles is 1. The zero-order valence-electron chi connectivity index (χ0n) is 26.8. The van der Waals surface area contributed by atoms with Gasteiger partial charge in [0.25, 0.3) is 0 Å². The molecule has 2 atom stereocenters. The average molecular weight is 654 g/mol. The van der Waals surface area contributed by atoms with Crippen molar-refractivity contribution in [3.05, 3.63) is 75.3 Å². The normalized spacial score (nSPS) is 19.7. The van der Waals surface area contributed by atoms with Gasteiger partial charge in [0, 0.05) is 48.3 Å². The quantitative estimate of drug-likeness (QED) is 0.265. The number of halogens is 3. The summed E-state index contributed by atoms with van der Waals surface area (Å²) in [4.78, 5) is 31.3. The van der Waals surface area contributed by atoms with Crippen molar-refractivity contribution in [2.75, 3.05) is 13.1 Å². The van der Waals surface area contributed by atoms with Crippen LogP contribution < -0.4 is 0 Å². The Labute approximate surface area is 271 Å². The molecule has 2 aliphatic heterocycles. The molecule has 2 aromatic heterocycles. The highest BCUT2D eigenvalue weighted by atomic mass is 32.1. The number of alkyl halides is 3. The molecule has 0 unspecified atom stereocenters. The number of benzene rings is 1. The topological polar surface area (TPSA) is 91.5 Å². The van der Waals surface area contributed by atoms with E-state index in [4.69, 9.17) is 4.74 Å². The van der Waals surface area contributed by atoms with E-state index in [0.717, 1.165) is 10.4 Å². The fourth-order valence-corrected chi connectivity index (χ4v) is 7.29. The molecule has 1 saturated heterocycles.